The van der Waals surface area contributed by atoms with E-state index in [1.54, 1.807) is 17.0 Å². The number of alkyl halides is 1. The highest BCUT2D eigenvalue weighted by Gasteiger charge is 2.28. The second-order valence-electron chi connectivity index (χ2n) is 4.86. The van der Waals surface area contributed by atoms with Gasteiger partial charge in [0.15, 0.2) is 5.76 Å². The second-order valence-corrected chi connectivity index (χ2v) is 5.24. The minimum Gasteiger partial charge on any atom is -0.459 e. The van der Waals surface area contributed by atoms with Crippen molar-refractivity contribution in [2.24, 2.45) is 0 Å². The molecule has 0 spiro atoms. The van der Waals surface area contributed by atoms with E-state index in [9.17, 15) is 14.4 Å². The Morgan fingerprint density at radius 3 is 2.45 bits per heavy atom. The normalized spacial score (nSPS) is 14.8. The molecule has 1 saturated heterocycles. The van der Waals surface area contributed by atoms with Gasteiger partial charge in [-0.2, -0.15) is 0 Å². The van der Waals surface area contributed by atoms with Crippen LogP contribution in [-0.4, -0.2) is 66.1 Å². The van der Waals surface area contributed by atoms with E-state index >= 15 is 0 Å². The van der Waals surface area contributed by atoms with Gasteiger partial charge in [-0.25, -0.2) is 0 Å². The topological polar surface area (TPSA) is 82.9 Å². The van der Waals surface area contributed by atoms with Crippen molar-refractivity contribution in [2.75, 3.05) is 38.6 Å². The van der Waals surface area contributed by atoms with Crippen molar-refractivity contribution in [3.63, 3.8) is 0 Å². The highest BCUT2D eigenvalue weighted by molar-refractivity contribution is 6.35. The minimum absolute atomic E-state index is 0.205. The summed E-state index contributed by atoms with van der Waals surface area (Å²) in [5.41, 5.74) is 0. The van der Waals surface area contributed by atoms with Gasteiger partial charge < -0.3 is 19.5 Å². The fourth-order valence-electron chi connectivity index (χ4n) is 2.16. The summed E-state index contributed by atoms with van der Waals surface area (Å²) in [6, 6.07) is 3.25. The maximum absolute atomic E-state index is 12.1. The van der Waals surface area contributed by atoms with Crippen LogP contribution in [0.3, 0.4) is 0 Å². The number of nitrogens with zero attached hydrogens (tertiary/aromatic N) is 2. The molecule has 1 aliphatic heterocycles. The van der Waals surface area contributed by atoms with E-state index in [4.69, 9.17) is 16.0 Å². The largest absolute Gasteiger partial charge is 0.459 e. The smallest absolute Gasteiger partial charge is 0.312 e. The summed E-state index contributed by atoms with van der Waals surface area (Å²) in [7, 11) is 0. The zero-order chi connectivity index (χ0) is 15.9. The molecule has 22 heavy (non-hydrogen) atoms. The molecule has 1 aromatic rings. The summed E-state index contributed by atoms with van der Waals surface area (Å²) in [6.45, 7) is 1.79. The summed E-state index contributed by atoms with van der Waals surface area (Å²) in [5.74, 6) is -0.694. The first-order valence-corrected chi connectivity index (χ1v) is 7.63. The minimum atomic E-state index is -0.629. The van der Waals surface area contributed by atoms with E-state index in [2.05, 4.69) is 5.32 Å². The average molecular weight is 328 g/mol. The molecule has 120 valence electrons. The number of furan rings is 1. The lowest BCUT2D eigenvalue weighted by Crippen LogP contribution is -2.53. The lowest BCUT2D eigenvalue weighted by atomic mass is 10.2. The van der Waals surface area contributed by atoms with Gasteiger partial charge in [0.1, 0.15) is 0 Å². The third kappa shape index (κ3) is 4.00. The standard InChI is InChI=1S/C14H18ClN3O4/c15-4-2-5-16-12(19)14(21)18-8-6-17(7-9-18)13(20)11-3-1-10-22-11/h1,3,10H,2,4-9H2,(H,16,19). The molecule has 1 N–H and O–H groups in total. The van der Waals surface area contributed by atoms with E-state index in [1.807, 2.05) is 0 Å². The SMILES string of the molecule is O=C(NCCCCl)C(=O)N1CCN(C(=O)c2ccco2)CC1. The predicted octanol–water partition coefficient (Wildman–Crippen LogP) is 0.309. The van der Waals surface area contributed by atoms with Gasteiger partial charge in [0.2, 0.25) is 0 Å². The summed E-state index contributed by atoms with van der Waals surface area (Å²) in [6.07, 6.45) is 2.06. The Balaban J connectivity index is 1.80. The summed E-state index contributed by atoms with van der Waals surface area (Å²) in [5, 5.41) is 2.53. The third-order valence-electron chi connectivity index (χ3n) is 3.38. The number of carbonyl (C=O) groups is 3. The van der Waals surface area contributed by atoms with Crippen LogP contribution in [-0.2, 0) is 9.59 Å². The molecule has 1 fully saturated rings. The van der Waals surface area contributed by atoms with Crippen molar-refractivity contribution < 1.29 is 18.8 Å². The van der Waals surface area contributed by atoms with Crippen LogP contribution in [0.1, 0.15) is 17.0 Å². The van der Waals surface area contributed by atoms with Gasteiger partial charge >= 0.3 is 11.8 Å². The molecule has 1 aromatic heterocycles. The molecule has 3 amide bonds. The first kappa shape index (κ1) is 16.4. The molecular weight excluding hydrogens is 310 g/mol. The van der Waals surface area contributed by atoms with Crippen molar-refractivity contribution >= 4 is 29.3 Å². The Hall–Kier alpha value is -2.02. The number of rotatable bonds is 4. The Kier molecular flexibility index (Phi) is 5.83. The zero-order valence-corrected chi connectivity index (χ0v) is 12.8. The van der Waals surface area contributed by atoms with Crippen LogP contribution in [0.4, 0.5) is 0 Å². The first-order valence-electron chi connectivity index (χ1n) is 7.09. The quantitative estimate of drug-likeness (QED) is 0.490. The van der Waals surface area contributed by atoms with Gasteiger partial charge in [-0.3, -0.25) is 14.4 Å². The van der Waals surface area contributed by atoms with Crippen molar-refractivity contribution in [1.29, 1.82) is 0 Å². The first-order chi connectivity index (χ1) is 10.6. The molecule has 0 aliphatic carbocycles. The Morgan fingerprint density at radius 1 is 1.18 bits per heavy atom. The second kappa shape index (κ2) is 7.84. The van der Waals surface area contributed by atoms with Crippen molar-refractivity contribution in [3.8, 4) is 0 Å². The van der Waals surface area contributed by atoms with Gasteiger partial charge in [0, 0.05) is 38.6 Å². The molecule has 2 heterocycles. The molecule has 7 nitrogen and oxygen atoms in total. The van der Waals surface area contributed by atoms with Crippen LogP contribution in [0.2, 0.25) is 0 Å². The number of nitrogens with one attached hydrogen (secondary N) is 1. The number of amides is 3. The number of hydrogen-bond acceptors (Lipinski definition) is 4. The monoisotopic (exact) mass is 327 g/mol. The highest BCUT2D eigenvalue weighted by atomic mass is 35.5. The molecule has 0 unspecified atom stereocenters. The lowest BCUT2D eigenvalue weighted by Gasteiger charge is -2.33. The molecule has 0 radical (unpaired) electrons. The van der Waals surface area contributed by atoms with E-state index in [0.717, 1.165) is 0 Å². The summed E-state index contributed by atoms with van der Waals surface area (Å²) in [4.78, 5) is 38.8. The number of halogens is 1. The third-order valence-corrected chi connectivity index (χ3v) is 3.64. The Morgan fingerprint density at radius 2 is 1.86 bits per heavy atom. The summed E-state index contributed by atoms with van der Waals surface area (Å²) >= 11 is 5.51. The number of carbonyl (C=O) groups excluding carboxylic acids is 3. The summed E-state index contributed by atoms with van der Waals surface area (Å²) < 4.78 is 5.07. The van der Waals surface area contributed by atoms with Crippen LogP contribution in [0.15, 0.2) is 22.8 Å². The van der Waals surface area contributed by atoms with Crippen molar-refractivity contribution in [3.05, 3.63) is 24.2 Å². The van der Waals surface area contributed by atoms with Crippen LogP contribution in [0.5, 0.6) is 0 Å². The molecule has 0 bridgehead atoms. The molecule has 2 rings (SSSR count). The molecule has 0 aromatic carbocycles. The molecular formula is C14H18ClN3O4. The molecule has 0 atom stereocenters. The number of hydrogen-bond donors (Lipinski definition) is 1. The molecule has 0 saturated carbocycles. The fraction of sp³-hybridized carbons (Fsp3) is 0.500. The Labute approximate surface area is 133 Å². The zero-order valence-electron chi connectivity index (χ0n) is 12.1. The van der Waals surface area contributed by atoms with Gasteiger partial charge in [0.05, 0.1) is 6.26 Å². The lowest BCUT2D eigenvalue weighted by molar-refractivity contribution is -0.146. The van der Waals surface area contributed by atoms with Crippen LogP contribution >= 0.6 is 11.6 Å². The van der Waals surface area contributed by atoms with Gasteiger partial charge in [-0.05, 0) is 18.6 Å². The predicted molar refractivity (Wildman–Crippen MR) is 79.5 cm³/mol. The van der Waals surface area contributed by atoms with E-state index < -0.39 is 11.8 Å². The van der Waals surface area contributed by atoms with Gasteiger partial charge in [-0.1, -0.05) is 0 Å². The van der Waals surface area contributed by atoms with Gasteiger partial charge in [0.25, 0.3) is 5.91 Å². The maximum Gasteiger partial charge on any atom is 0.312 e. The van der Waals surface area contributed by atoms with Crippen LogP contribution in [0.25, 0.3) is 0 Å². The van der Waals surface area contributed by atoms with Crippen molar-refractivity contribution in [1.82, 2.24) is 15.1 Å². The van der Waals surface area contributed by atoms with E-state index in [-0.39, 0.29) is 11.7 Å². The molecule has 1 aliphatic rings. The van der Waals surface area contributed by atoms with E-state index in [0.29, 0.717) is 45.0 Å². The van der Waals surface area contributed by atoms with Crippen LogP contribution in [0, 0.1) is 0 Å². The maximum atomic E-state index is 12.1. The van der Waals surface area contributed by atoms with Gasteiger partial charge in [-0.15, -0.1) is 11.6 Å². The highest BCUT2D eigenvalue weighted by Crippen LogP contribution is 2.09. The van der Waals surface area contributed by atoms with Crippen molar-refractivity contribution in [2.45, 2.75) is 6.42 Å². The molecule has 8 heteroatoms. The number of piperazine rings is 1. The van der Waals surface area contributed by atoms with E-state index in [1.165, 1.54) is 11.2 Å². The fourth-order valence-corrected chi connectivity index (χ4v) is 2.29. The van der Waals surface area contributed by atoms with Crippen LogP contribution < -0.4 is 5.32 Å². The average Bonchev–Trinajstić information content (AvgIpc) is 3.08. The Bertz CT molecular complexity index is 524.